The van der Waals surface area contributed by atoms with E-state index in [0.717, 1.165) is 12.8 Å². The summed E-state index contributed by atoms with van der Waals surface area (Å²) >= 11 is 0. The van der Waals surface area contributed by atoms with Crippen molar-refractivity contribution in [3.8, 4) is 17.1 Å². The second-order valence-electron chi connectivity index (χ2n) is 7.08. The molecule has 2 N–H and O–H groups in total. The van der Waals surface area contributed by atoms with E-state index in [9.17, 15) is 9.90 Å². The van der Waals surface area contributed by atoms with Crippen molar-refractivity contribution < 1.29 is 9.84 Å². The third-order valence-corrected chi connectivity index (χ3v) is 4.76. The van der Waals surface area contributed by atoms with Crippen molar-refractivity contribution in [3.63, 3.8) is 0 Å². The summed E-state index contributed by atoms with van der Waals surface area (Å²) in [6, 6.07) is 9.09. The van der Waals surface area contributed by atoms with E-state index < -0.39 is 11.7 Å². The Morgan fingerprint density at radius 3 is 2.65 bits per heavy atom. The minimum atomic E-state index is -1.24. The molecule has 9 heteroatoms. The van der Waals surface area contributed by atoms with Gasteiger partial charge in [-0.25, -0.2) is 19.6 Å². The van der Waals surface area contributed by atoms with Gasteiger partial charge in [0.15, 0.2) is 17.6 Å². The molecule has 0 aliphatic carbocycles. The van der Waals surface area contributed by atoms with Gasteiger partial charge in [-0.15, -0.1) is 0 Å². The van der Waals surface area contributed by atoms with E-state index in [1.807, 2.05) is 38.1 Å². The van der Waals surface area contributed by atoms with Crippen LogP contribution in [-0.2, 0) is 6.54 Å². The van der Waals surface area contributed by atoms with Crippen LogP contribution in [0.15, 0.2) is 47.5 Å². The lowest BCUT2D eigenvalue weighted by molar-refractivity contribution is 0.205. The Morgan fingerprint density at radius 1 is 1.13 bits per heavy atom. The summed E-state index contributed by atoms with van der Waals surface area (Å²) in [5.41, 5.74) is 0.881. The number of fused-ring (bicyclic) bond motifs is 1. The highest BCUT2D eigenvalue weighted by Crippen LogP contribution is 2.29. The number of ether oxygens (including phenoxy) is 1. The number of hydrogen-bond donors (Lipinski definition) is 2. The molecule has 0 aliphatic heterocycles. The average Bonchev–Trinajstić information content (AvgIpc) is 3.17. The van der Waals surface area contributed by atoms with Crippen LogP contribution >= 0.6 is 0 Å². The van der Waals surface area contributed by atoms with Crippen molar-refractivity contribution in [2.75, 3.05) is 6.61 Å². The van der Waals surface area contributed by atoms with Crippen LogP contribution in [0.1, 0.15) is 44.3 Å². The highest BCUT2D eigenvalue weighted by molar-refractivity contribution is 5.80. The first-order valence-corrected chi connectivity index (χ1v) is 10.3. The molecule has 3 aromatic heterocycles. The summed E-state index contributed by atoms with van der Waals surface area (Å²) < 4.78 is 7.47. The van der Waals surface area contributed by atoms with Gasteiger partial charge in [0.05, 0.1) is 12.2 Å². The molecule has 9 nitrogen and oxygen atoms in total. The fourth-order valence-electron chi connectivity index (χ4n) is 3.37. The predicted octanol–water partition coefficient (Wildman–Crippen LogP) is 2.86. The highest BCUT2D eigenvalue weighted by atomic mass is 16.5. The molecule has 1 unspecified atom stereocenters. The van der Waals surface area contributed by atoms with Crippen molar-refractivity contribution in [3.05, 3.63) is 64.6 Å². The lowest BCUT2D eigenvalue weighted by atomic mass is 10.1. The predicted molar refractivity (Wildman–Crippen MR) is 116 cm³/mol. The third kappa shape index (κ3) is 4.04. The maximum absolute atomic E-state index is 13.1. The lowest BCUT2D eigenvalue weighted by Gasteiger charge is -2.10. The summed E-state index contributed by atoms with van der Waals surface area (Å²) in [4.78, 5) is 28.9. The monoisotopic (exact) mass is 420 g/mol. The number of aromatic nitrogens is 6. The first-order chi connectivity index (χ1) is 15.1. The van der Waals surface area contributed by atoms with E-state index >= 15 is 0 Å². The molecule has 4 rings (SSSR count). The molecule has 0 amide bonds. The number of nitrogens with one attached hydrogen (secondary N) is 1. The van der Waals surface area contributed by atoms with Crippen LogP contribution in [0.25, 0.3) is 22.4 Å². The number of H-pyrrole nitrogens is 1. The van der Waals surface area contributed by atoms with Crippen molar-refractivity contribution in [2.24, 2.45) is 0 Å². The van der Waals surface area contributed by atoms with Crippen molar-refractivity contribution >= 4 is 11.0 Å². The molecule has 0 saturated carbocycles. The lowest BCUT2D eigenvalue weighted by Crippen LogP contribution is -2.13. The van der Waals surface area contributed by atoms with Crippen LogP contribution in [0, 0.1) is 0 Å². The molecule has 0 radical (unpaired) electrons. The molecule has 3 heterocycles. The van der Waals surface area contributed by atoms with E-state index in [0.29, 0.717) is 35.9 Å². The molecule has 0 fully saturated rings. The Kier molecular flexibility index (Phi) is 6.03. The van der Waals surface area contributed by atoms with Gasteiger partial charge in [-0.2, -0.15) is 5.10 Å². The molecule has 0 aliphatic rings. The van der Waals surface area contributed by atoms with E-state index in [-0.39, 0.29) is 16.9 Å². The zero-order valence-electron chi connectivity index (χ0n) is 17.4. The first kappa shape index (κ1) is 20.7. The second-order valence-corrected chi connectivity index (χ2v) is 7.08. The first-order valence-electron chi connectivity index (χ1n) is 10.3. The Balaban J connectivity index is 1.88. The van der Waals surface area contributed by atoms with Crippen molar-refractivity contribution in [2.45, 2.75) is 39.3 Å². The van der Waals surface area contributed by atoms with Crippen LogP contribution in [0.4, 0.5) is 0 Å². The SMILES string of the molecule is CCCOc1ccccc1-c1nc2c(c(C(O)c3ncccn3)nn2CCC)c(=O)[nH]1. The highest BCUT2D eigenvalue weighted by Gasteiger charge is 2.25. The summed E-state index contributed by atoms with van der Waals surface area (Å²) in [7, 11) is 0. The number of aliphatic hydroxyl groups is 1. The van der Waals surface area contributed by atoms with Gasteiger partial charge in [-0.3, -0.25) is 4.79 Å². The number of aliphatic hydroxyl groups excluding tert-OH is 1. The normalized spacial score (nSPS) is 12.2. The maximum atomic E-state index is 13.1. The molecule has 1 atom stereocenters. The van der Waals surface area contributed by atoms with E-state index in [1.165, 1.54) is 12.4 Å². The molecule has 4 aromatic rings. The largest absolute Gasteiger partial charge is 0.493 e. The quantitative estimate of drug-likeness (QED) is 0.450. The zero-order valence-corrected chi connectivity index (χ0v) is 17.4. The second kappa shape index (κ2) is 9.05. The van der Waals surface area contributed by atoms with Gasteiger partial charge in [0, 0.05) is 18.9 Å². The Hall–Kier alpha value is -3.59. The Labute approximate surface area is 178 Å². The van der Waals surface area contributed by atoms with E-state index in [1.54, 1.807) is 10.7 Å². The summed E-state index contributed by atoms with van der Waals surface area (Å²) in [5, 5.41) is 15.5. The Bertz CT molecular complexity index is 1240. The van der Waals surface area contributed by atoms with Crippen LogP contribution in [0.5, 0.6) is 5.75 Å². The van der Waals surface area contributed by atoms with Crippen molar-refractivity contribution in [1.29, 1.82) is 0 Å². The average molecular weight is 420 g/mol. The third-order valence-electron chi connectivity index (χ3n) is 4.76. The van der Waals surface area contributed by atoms with Crippen LogP contribution in [-0.4, -0.2) is 41.4 Å². The summed E-state index contributed by atoms with van der Waals surface area (Å²) in [5.74, 6) is 1.21. The number of para-hydroxylation sites is 1. The maximum Gasteiger partial charge on any atom is 0.262 e. The van der Waals surface area contributed by atoms with Gasteiger partial charge in [0.25, 0.3) is 5.56 Å². The molecular weight excluding hydrogens is 396 g/mol. The fourth-order valence-corrected chi connectivity index (χ4v) is 3.37. The molecule has 1 aromatic carbocycles. The molecule has 0 saturated heterocycles. The number of rotatable bonds is 8. The number of aryl methyl sites for hydroxylation is 1. The Morgan fingerprint density at radius 2 is 1.90 bits per heavy atom. The van der Waals surface area contributed by atoms with Crippen LogP contribution < -0.4 is 10.3 Å². The van der Waals surface area contributed by atoms with Crippen LogP contribution in [0.2, 0.25) is 0 Å². The standard InChI is InChI=1S/C22H24N6O3/c1-3-12-28-21-16(17(27-28)18(29)20-23-10-7-11-24-20)22(30)26-19(25-21)14-8-5-6-9-15(14)31-13-4-2/h5-11,18,29H,3-4,12-13H2,1-2H3,(H,25,26,30). The van der Waals surface area contributed by atoms with Gasteiger partial charge >= 0.3 is 0 Å². The number of aromatic amines is 1. The minimum absolute atomic E-state index is 0.173. The molecular formula is C22H24N6O3. The number of hydrogen-bond acceptors (Lipinski definition) is 7. The number of benzene rings is 1. The number of nitrogens with zero attached hydrogens (tertiary/aromatic N) is 5. The summed E-state index contributed by atoms with van der Waals surface area (Å²) in [6.45, 7) is 5.14. The summed E-state index contributed by atoms with van der Waals surface area (Å²) in [6.07, 6.45) is 3.47. The molecule has 31 heavy (non-hydrogen) atoms. The van der Waals surface area contributed by atoms with Gasteiger partial charge in [-0.1, -0.05) is 26.0 Å². The molecule has 160 valence electrons. The molecule has 0 bridgehead atoms. The van der Waals surface area contributed by atoms with E-state index in [2.05, 4.69) is 20.1 Å². The smallest absolute Gasteiger partial charge is 0.262 e. The van der Waals surface area contributed by atoms with Gasteiger partial charge in [-0.05, 0) is 31.0 Å². The van der Waals surface area contributed by atoms with Gasteiger partial charge < -0.3 is 14.8 Å². The molecule has 0 spiro atoms. The van der Waals surface area contributed by atoms with Gasteiger partial charge in [0.2, 0.25) is 0 Å². The topological polar surface area (TPSA) is 119 Å². The van der Waals surface area contributed by atoms with Crippen LogP contribution in [0.3, 0.4) is 0 Å². The fraction of sp³-hybridized carbons (Fsp3) is 0.318. The van der Waals surface area contributed by atoms with Gasteiger partial charge in [0.1, 0.15) is 22.7 Å². The zero-order chi connectivity index (χ0) is 21.8. The van der Waals surface area contributed by atoms with Crippen molar-refractivity contribution in [1.82, 2.24) is 29.7 Å². The minimum Gasteiger partial charge on any atom is -0.493 e. The van der Waals surface area contributed by atoms with E-state index in [4.69, 9.17) is 9.72 Å².